The largest absolute Gasteiger partial charge is 0.327 e. The van der Waals surface area contributed by atoms with Crippen LogP contribution in [0.4, 0.5) is 8.78 Å². The summed E-state index contributed by atoms with van der Waals surface area (Å²) in [6, 6.07) is 20.0. The molecule has 3 aromatic carbocycles. The van der Waals surface area contributed by atoms with Gasteiger partial charge in [0.05, 0.1) is 11.0 Å². The smallest absolute Gasteiger partial charge is 0.243 e. The zero-order valence-corrected chi connectivity index (χ0v) is 17.4. The van der Waals surface area contributed by atoms with Gasteiger partial charge in [0.2, 0.25) is 10.0 Å². The average molecular weight is 442 g/mol. The van der Waals surface area contributed by atoms with Crippen molar-refractivity contribution < 1.29 is 17.2 Å². The molecule has 0 aliphatic rings. The first kappa shape index (κ1) is 21.1. The monoisotopic (exact) mass is 441 g/mol. The molecule has 0 aliphatic heterocycles. The number of aromatic nitrogens is 2. The molecule has 5 nitrogen and oxygen atoms in total. The van der Waals surface area contributed by atoms with Gasteiger partial charge in [-0.3, -0.25) is 0 Å². The second-order valence-corrected chi connectivity index (χ2v) is 8.86. The van der Waals surface area contributed by atoms with Crippen molar-refractivity contribution >= 4 is 21.1 Å². The molecule has 0 saturated heterocycles. The maximum atomic E-state index is 13.9. The van der Waals surface area contributed by atoms with Crippen molar-refractivity contribution in [1.82, 2.24) is 14.3 Å². The number of aryl methyl sites for hydroxylation is 2. The summed E-state index contributed by atoms with van der Waals surface area (Å²) in [5, 5.41) is 0. The van der Waals surface area contributed by atoms with Gasteiger partial charge in [0.1, 0.15) is 22.4 Å². The van der Waals surface area contributed by atoms with Gasteiger partial charge in [-0.2, -0.15) is 0 Å². The van der Waals surface area contributed by atoms with Gasteiger partial charge in [-0.1, -0.05) is 42.5 Å². The molecule has 0 radical (unpaired) electrons. The fraction of sp³-hybridized carbons (Fsp3) is 0.174. The molecular weight excluding hydrogens is 420 g/mol. The third kappa shape index (κ3) is 4.81. The molecule has 0 saturated carbocycles. The Balaban J connectivity index is 1.53. The Labute approximate surface area is 179 Å². The Bertz CT molecular complexity index is 1310. The molecule has 1 heterocycles. The molecule has 0 unspecified atom stereocenters. The lowest BCUT2D eigenvalue weighted by molar-refractivity contribution is 0.541. The number of hydrogen-bond donors (Lipinski definition) is 1. The van der Waals surface area contributed by atoms with Gasteiger partial charge in [-0.25, -0.2) is 26.9 Å². The number of hydrogen-bond acceptors (Lipinski definition) is 3. The summed E-state index contributed by atoms with van der Waals surface area (Å²) in [5.74, 6) is -0.975. The van der Waals surface area contributed by atoms with Crippen LogP contribution in [0.15, 0.2) is 77.7 Å². The van der Waals surface area contributed by atoms with Crippen LogP contribution < -0.4 is 4.72 Å². The molecule has 0 amide bonds. The van der Waals surface area contributed by atoms with Gasteiger partial charge in [0, 0.05) is 19.5 Å². The van der Waals surface area contributed by atoms with E-state index in [9.17, 15) is 17.2 Å². The summed E-state index contributed by atoms with van der Waals surface area (Å²) in [6.45, 7) is 0.317. The van der Waals surface area contributed by atoms with Crippen molar-refractivity contribution in [2.24, 2.45) is 0 Å². The van der Waals surface area contributed by atoms with E-state index in [1.54, 1.807) is 0 Å². The van der Waals surface area contributed by atoms with Crippen LogP contribution in [0.5, 0.6) is 0 Å². The summed E-state index contributed by atoms with van der Waals surface area (Å²) >= 11 is 0. The van der Waals surface area contributed by atoms with Gasteiger partial charge in [-0.05, 0) is 42.3 Å². The molecule has 0 spiro atoms. The summed E-state index contributed by atoms with van der Waals surface area (Å²) in [5.41, 5.74) is 2.90. The van der Waals surface area contributed by atoms with Crippen LogP contribution in [-0.2, 0) is 29.4 Å². The normalized spacial score (nSPS) is 11.8. The number of imidazole rings is 1. The molecule has 0 aliphatic carbocycles. The summed E-state index contributed by atoms with van der Waals surface area (Å²) in [4.78, 5) is 4.00. The van der Waals surface area contributed by atoms with E-state index in [-0.39, 0.29) is 6.54 Å². The first-order chi connectivity index (χ1) is 14.9. The van der Waals surface area contributed by atoms with Gasteiger partial charge < -0.3 is 4.57 Å². The topological polar surface area (TPSA) is 64.0 Å². The van der Waals surface area contributed by atoms with Crippen LogP contribution >= 0.6 is 0 Å². The van der Waals surface area contributed by atoms with E-state index >= 15 is 0 Å². The Kier molecular flexibility index (Phi) is 6.11. The van der Waals surface area contributed by atoms with Crippen LogP contribution in [-0.4, -0.2) is 24.5 Å². The Morgan fingerprint density at radius 2 is 1.65 bits per heavy atom. The SMILES string of the molecule is O=S(=O)(NCCn1c(CCc2ccccc2)nc2ccccc21)c1cc(F)ccc1F. The predicted octanol–water partition coefficient (Wildman–Crippen LogP) is 4.08. The standard InChI is InChI=1S/C23H21F2N3O2S/c24-18-11-12-19(25)22(16-18)31(29,30)26-14-15-28-21-9-5-4-8-20(21)27-23(28)13-10-17-6-2-1-3-7-17/h1-9,11-12,16,26H,10,13-15H2. The van der Waals surface area contributed by atoms with Crippen molar-refractivity contribution in [3.8, 4) is 0 Å². The zero-order chi connectivity index (χ0) is 21.8. The van der Waals surface area contributed by atoms with Gasteiger partial charge in [0.25, 0.3) is 0 Å². The highest BCUT2D eigenvalue weighted by atomic mass is 32.2. The Morgan fingerprint density at radius 3 is 2.45 bits per heavy atom. The highest BCUT2D eigenvalue weighted by Gasteiger charge is 2.20. The number of fused-ring (bicyclic) bond motifs is 1. The fourth-order valence-electron chi connectivity index (χ4n) is 3.52. The van der Waals surface area contributed by atoms with Gasteiger partial charge >= 0.3 is 0 Å². The minimum atomic E-state index is -4.19. The number of benzene rings is 3. The van der Waals surface area contributed by atoms with E-state index in [0.717, 1.165) is 35.4 Å². The second kappa shape index (κ2) is 8.95. The fourth-order valence-corrected chi connectivity index (χ4v) is 4.63. The minimum Gasteiger partial charge on any atom is -0.327 e. The van der Waals surface area contributed by atoms with Crippen molar-refractivity contribution in [3.63, 3.8) is 0 Å². The summed E-state index contributed by atoms with van der Waals surface area (Å²) in [6.07, 6.45) is 1.48. The van der Waals surface area contributed by atoms with E-state index in [2.05, 4.69) is 16.9 Å². The molecule has 4 rings (SSSR count). The molecule has 0 bridgehead atoms. The molecule has 1 N–H and O–H groups in total. The van der Waals surface area contributed by atoms with Crippen LogP contribution in [0, 0.1) is 11.6 Å². The van der Waals surface area contributed by atoms with E-state index < -0.39 is 26.6 Å². The zero-order valence-electron chi connectivity index (χ0n) is 16.6. The lowest BCUT2D eigenvalue weighted by atomic mass is 10.1. The molecule has 31 heavy (non-hydrogen) atoms. The quantitative estimate of drug-likeness (QED) is 0.448. The van der Waals surface area contributed by atoms with Crippen LogP contribution in [0.25, 0.3) is 11.0 Å². The Morgan fingerprint density at radius 1 is 0.903 bits per heavy atom. The number of nitrogens with one attached hydrogen (secondary N) is 1. The first-order valence-corrected chi connectivity index (χ1v) is 11.4. The lowest BCUT2D eigenvalue weighted by Crippen LogP contribution is -2.28. The number of sulfonamides is 1. The van der Waals surface area contributed by atoms with Crippen molar-refractivity contribution in [2.75, 3.05) is 6.54 Å². The molecule has 1 aromatic heterocycles. The maximum Gasteiger partial charge on any atom is 0.243 e. The van der Waals surface area contributed by atoms with E-state index in [4.69, 9.17) is 4.98 Å². The van der Waals surface area contributed by atoms with E-state index in [1.807, 2.05) is 47.0 Å². The summed E-state index contributed by atoms with van der Waals surface area (Å²) in [7, 11) is -4.19. The van der Waals surface area contributed by atoms with Crippen LogP contribution in [0.2, 0.25) is 0 Å². The van der Waals surface area contributed by atoms with Crippen molar-refractivity contribution in [3.05, 3.63) is 95.8 Å². The predicted molar refractivity (Wildman–Crippen MR) is 115 cm³/mol. The number of halogens is 2. The molecule has 0 atom stereocenters. The third-order valence-electron chi connectivity index (χ3n) is 5.02. The van der Waals surface area contributed by atoms with Crippen molar-refractivity contribution in [2.45, 2.75) is 24.3 Å². The summed E-state index contributed by atoms with van der Waals surface area (Å²) < 4.78 is 56.5. The molecule has 160 valence electrons. The van der Waals surface area contributed by atoms with Gasteiger partial charge in [0.15, 0.2) is 0 Å². The minimum absolute atomic E-state index is 0.0109. The number of para-hydroxylation sites is 2. The lowest BCUT2D eigenvalue weighted by Gasteiger charge is -2.11. The van der Waals surface area contributed by atoms with E-state index in [1.165, 1.54) is 5.56 Å². The second-order valence-electron chi connectivity index (χ2n) is 7.13. The van der Waals surface area contributed by atoms with Crippen LogP contribution in [0.1, 0.15) is 11.4 Å². The van der Waals surface area contributed by atoms with Gasteiger partial charge in [-0.15, -0.1) is 0 Å². The highest BCUT2D eigenvalue weighted by molar-refractivity contribution is 7.89. The Hall–Kier alpha value is -3.10. The van der Waals surface area contributed by atoms with Crippen LogP contribution in [0.3, 0.4) is 0 Å². The first-order valence-electron chi connectivity index (χ1n) is 9.87. The molecule has 4 aromatic rings. The van der Waals surface area contributed by atoms with E-state index in [0.29, 0.717) is 19.0 Å². The number of rotatable bonds is 8. The third-order valence-corrected chi connectivity index (χ3v) is 6.50. The molecular formula is C23H21F2N3O2S. The average Bonchev–Trinajstić information content (AvgIpc) is 3.12. The molecule has 8 heteroatoms. The highest BCUT2D eigenvalue weighted by Crippen LogP contribution is 2.19. The maximum absolute atomic E-state index is 13.9. The van der Waals surface area contributed by atoms with Crippen molar-refractivity contribution in [1.29, 1.82) is 0 Å². The molecule has 0 fully saturated rings. The number of nitrogens with zero attached hydrogens (tertiary/aromatic N) is 2.